The molecule has 0 aliphatic carbocycles. The van der Waals surface area contributed by atoms with Crippen LogP contribution >= 0.6 is 0 Å². The SMILES string of the molecule is CCCNCCCCN1CC(C)OCC1C. The van der Waals surface area contributed by atoms with Crippen molar-refractivity contribution in [2.75, 3.05) is 32.8 Å². The second-order valence-electron chi connectivity index (χ2n) is 4.95. The number of nitrogens with one attached hydrogen (secondary N) is 1. The van der Waals surface area contributed by atoms with E-state index in [4.69, 9.17) is 4.74 Å². The van der Waals surface area contributed by atoms with Gasteiger partial charge in [0.1, 0.15) is 0 Å². The maximum absolute atomic E-state index is 5.63. The van der Waals surface area contributed by atoms with Crippen LogP contribution in [-0.4, -0.2) is 49.8 Å². The second-order valence-corrected chi connectivity index (χ2v) is 4.95. The standard InChI is InChI=1S/C13H28N2O/c1-4-7-14-8-5-6-9-15-10-13(3)16-11-12(15)2/h12-14H,4-11H2,1-3H3. The highest BCUT2D eigenvalue weighted by molar-refractivity contribution is 4.74. The van der Waals surface area contributed by atoms with Gasteiger partial charge in [0.2, 0.25) is 0 Å². The van der Waals surface area contributed by atoms with Crippen molar-refractivity contribution in [1.82, 2.24) is 10.2 Å². The number of nitrogens with zero attached hydrogens (tertiary/aromatic N) is 1. The van der Waals surface area contributed by atoms with E-state index in [1.54, 1.807) is 0 Å². The van der Waals surface area contributed by atoms with Gasteiger partial charge in [0, 0.05) is 12.6 Å². The van der Waals surface area contributed by atoms with E-state index in [0.29, 0.717) is 12.1 Å². The molecule has 3 heteroatoms. The number of rotatable bonds is 7. The summed E-state index contributed by atoms with van der Waals surface area (Å²) >= 11 is 0. The Kier molecular flexibility index (Phi) is 7.01. The lowest BCUT2D eigenvalue weighted by Crippen LogP contribution is -2.47. The number of morpholine rings is 1. The summed E-state index contributed by atoms with van der Waals surface area (Å²) < 4.78 is 5.63. The molecule has 1 aliphatic rings. The van der Waals surface area contributed by atoms with Gasteiger partial charge in [-0.3, -0.25) is 4.90 Å². The Morgan fingerprint density at radius 1 is 1.25 bits per heavy atom. The van der Waals surface area contributed by atoms with E-state index < -0.39 is 0 Å². The van der Waals surface area contributed by atoms with Crippen LogP contribution in [0.15, 0.2) is 0 Å². The molecule has 1 fully saturated rings. The Hall–Kier alpha value is -0.120. The third-order valence-electron chi connectivity index (χ3n) is 3.21. The zero-order chi connectivity index (χ0) is 11.8. The number of unbranched alkanes of at least 4 members (excludes halogenated alkanes) is 1. The van der Waals surface area contributed by atoms with Crippen LogP contribution in [0.25, 0.3) is 0 Å². The quantitative estimate of drug-likeness (QED) is 0.673. The lowest BCUT2D eigenvalue weighted by atomic mass is 10.2. The average Bonchev–Trinajstić information content (AvgIpc) is 2.28. The fourth-order valence-electron chi connectivity index (χ4n) is 2.15. The highest BCUT2D eigenvalue weighted by Crippen LogP contribution is 2.11. The Bertz CT molecular complexity index is 175. The van der Waals surface area contributed by atoms with Gasteiger partial charge in [0.25, 0.3) is 0 Å². The lowest BCUT2D eigenvalue weighted by Gasteiger charge is -2.36. The van der Waals surface area contributed by atoms with E-state index in [9.17, 15) is 0 Å². The summed E-state index contributed by atoms with van der Waals surface area (Å²) in [4.78, 5) is 2.56. The van der Waals surface area contributed by atoms with Gasteiger partial charge in [-0.15, -0.1) is 0 Å². The van der Waals surface area contributed by atoms with Crippen molar-refractivity contribution in [3.8, 4) is 0 Å². The van der Waals surface area contributed by atoms with Crippen LogP contribution in [0, 0.1) is 0 Å². The van der Waals surface area contributed by atoms with Crippen molar-refractivity contribution in [2.24, 2.45) is 0 Å². The molecule has 1 N–H and O–H groups in total. The van der Waals surface area contributed by atoms with E-state index in [2.05, 4.69) is 31.0 Å². The lowest BCUT2D eigenvalue weighted by molar-refractivity contribution is -0.0495. The Morgan fingerprint density at radius 3 is 2.81 bits per heavy atom. The molecule has 0 saturated carbocycles. The summed E-state index contributed by atoms with van der Waals surface area (Å²) in [6.07, 6.45) is 4.24. The van der Waals surface area contributed by atoms with E-state index in [1.165, 1.54) is 32.4 Å². The fraction of sp³-hybridized carbons (Fsp3) is 1.00. The first-order chi connectivity index (χ1) is 7.74. The van der Waals surface area contributed by atoms with Gasteiger partial charge < -0.3 is 10.1 Å². The molecule has 1 heterocycles. The maximum atomic E-state index is 5.63. The summed E-state index contributed by atoms with van der Waals surface area (Å²) in [7, 11) is 0. The minimum atomic E-state index is 0.411. The van der Waals surface area contributed by atoms with Crippen LogP contribution in [0.4, 0.5) is 0 Å². The molecule has 1 rings (SSSR count). The molecule has 16 heavy (non-hydrogen) atoms. The minimum Gasteiger partial charge on any atom is -0.376 e. The van der Waals surface area contributed by atoms with Crippen LogP contribution in [0.3, 0.4) is 0 Å². The molecule has 2 unspecified atom stereocenters. The van der Waals surface area contributed by atoms with Crippen molar-refractivity contribution in [3.05, 3.63) is 0 Å². The topological polar surface area (TPSA) is 24.5 Å². The highest BCUT2D eigenvalue weighted by atomic mass is 16.5. The molecule has 0 amide bonds. The third kappa shape index (κ3) is 5.28. The van der Waals surface area contributed by atoms with Crippen LogP contribution in [0.5, 0.6) is 0 Å². The van der Waals surface area contributed by atoms with Gasteiger partial charge in [-0.05, 0) is 52.7 Å². The summed E-state index contributed by atoms with van der Waals surface area (Å²) in [6, 6.07) is 0.597. The van der Waals surface area contributed by atoms with Crippen LogP contribution in [-0.2, 0) is 4.74 Å². The predicted molar refractivity (Wildman–Crippen MR) is 68.8 cm³/mol. The number of ether oxygens (including phenoxy) is 1. The van der Waals surface area contributed by atoms with Gasteiger partial charge in [-0.25, -0.2) is 0 Å². The Balaban J connectivity index is 2.02. The third-order valence-corrected chi connectivity index (χ3v) is 3.21. The molecule has 96 valence electrons. The first-order valence-electron chi connectivity index (χ1n) is 6.80. The number of hydrogen-bond acceptors (Lipinski definition) is 3. The van der Waals surface area contributed by atoms with E-state index in [0.717, 1.165) is 19.7 Å². The molecule has 1 aliphatic heterocycles. The molecular weight excluding hydrogens is 200 g/mol. The smallest absolute Gasteiger partial charge is 0.0674 e. The number of hydrogen-bond donors (Lipinski definition) is 1. The van der Waals surface area contributed by atoms with Crippen molar-refractivity contribution < 1.29 is 4.74 Å². The van der Waals surface area contributed by atoms with Gasteiger partial charge >= 0.3 is 0 Å². The molecule has 0 aromatic rings. The van der Waals surface area contributed by atoms with E-state index in [1.807, 2.05) is 0 Å². The molecular formula is C13H28N2O. The van der Waals surface area contributed by atoms with Crippen molar-refractivity contribution >= 4 is 0 Å². The summed E-state index contributed by atoms with van der Waals surface area (Å²) in [6.45, 7) is 12.2. The monoisotopic (exact) mass is 228 g/mol. The first kappa shape index (κ1) is 13.9. The summed E-state index contributed by atoms with van der Waals surface area (Å²) in [5.41, 5.74) is 0. The zero-order valence-corrected chi connectivity index (χ0v) is 11.2. The van der Waals surface area contributed by atoms with Crippen LogP contribution in [0.2, 0.25) is 0 Å². The van der Waals surface area contributed by atoms with Crippen molar-refractivity contribution in [1.29, 1.82) is 0 Å². The zero-order valence-electron chi connectivity index (χ0n) is 11.2. The molecule has 0 bridgehead atoms. The second kappa shape index (κ2) is 8.04. The van der Waals surface area contributed by atoms with Gasteiger partial charge in [0.05, 0.1) is 12.7 Å². The van der Waals surface area contributed by atoms with Gasteiger partial charge in [0.15, 0.2) is 0 Å². The normalized spacial score (nSPS) is 27.2. The summed E-state index contributed by atoms with van der Waals surface area (Å²) in [5.74, 6) is 0. The van der Waals surface area contributed by atoms with E-state index in [-0.39, 0.29) is 0 Å². The molecule has 1 saturated heterocycles. The average molecular weight is 228 g/mol. The van der Waals surface area contributed by atoms with Gasteiger partial charge in [-0.2, -0.15) is 0 Å². The van der Waals surface area contributed by atoms with Crippen molar-refractivity contribution in [3.63, 3.8) is 0 Å². The van der Waals surface area contributed by atoms with Crippen molar-refractivity contribution in [2.45, 2.75) is 52.2 Å². The van der Waals surface area contributed by atoms with Gasteiger partial charge in [-0.1, -0.05) is 6.92 Å². The fourth-order valence-corrected chi connectivity index (χ4v) is 2.15. The molecule has 0 spiro atoms. The Morgan fingerprint density at radius 2 is 2.06 bits per heavy atom. The summed E-state index contributed by atoms with van der Waals surface area (Å²) in [5, 5.41) is 3.45. The molecule has 0 aromatic carbocycles. The highest BCUT2D eigenvalue weighted by Gasteiger charge is 2.22. The molecule has 2 atom stereocenters. The Labute approximate surface area is 101 Å². The van der Waals surface area contributed by atoms with Crippen LogP contribution in [0.1, 0.15) is 40.0 Å². The van der Waals surface area contributed by atoms with E-state index >= 15 is 0 Å². The molecule has 3 nitrogen and oxygen atoms in total. The first-order valence-corrected chi connectivity index (χ1v) is 6.80. The minimum absolute atomic E-state index is 0.411. The maximum Gasteiger partial charge on any atom is 0.0674 e. The van der Waals surface area contributed by atoms with Crippen LogP contribution < -0.4 is 5.32 Å². The largest absolute Gasteiger partial charge is 0.376 e. The molecule has 0 radical (unpaired) electrons. The molecule has 0 aromatic heterocycles. The predicted octanol–water partition coefficient (Wildman–Crippen LogP) is 1.88.